The zero-order chi connectivity index (χ0) is 11.3. The summed E-state index contributed by atoms with van der Waals surface area (Å²) in [4.78, 5) is 17.0. The highest BCUT2D eigenvalue weighted by Crippen LogP contribution is 2.43. The zero-order valence-corrected chi connectivity index (χ0v) is 9.57. The van der Waals surface area contributed by atoms with Gasteiger partial charge in [0, 0.05) is 6.42 Å². The molecular weight excluding hydrogens is 198 g/mol. The normalized spacial score (nSPS) is 39.1. The molecule has 86 valence electrons. The van der Waals surface area contributed by atoms with E-state index >= 15 is 0 Å². The first kappa shape index (κ1) is 10.9. The minimum atomic E-state index is -0.542. The Morgan fingerprint density at radius 2 is 2.13 bits per heavy atom. The molecule has 0 saturated carbocycles. The molecule has 2 aliphatic rings. The molecule has 0 radical (unpaired) electrons. The van der Waals surface area contributed by atoms with Gasteiger partial charge in [-0.1, -0.05) is 0 Å². The predicted molar refractivity (Wildman–Crippen MR) is 51.8 cm³/mol. The van der Waals surface area contributed by atoms with Crippen LogP contribution in [0.2, 0.25) is 0 Å². The Kier molecular flexibility index (Phi) is 2.29. The van der Waals surface area contributed by atoms with Gasteiger partial charge >= 0.3 is 5.97 Å². The fourth-order valence-electron chi connectivity index (χ4n) is 2.25. The average molecular weight is 215 g/mol. The van der Waals surface area contributed by atoms with Crippen molar-refractivity contribution in [1.82, 2.24) is 5.06 Å². The summed E-state index contributed by atoms with van der Waals surface area (Å²) >= 11 is 0. The van der Waals surface area contributed by atoms with Gasteiger partial charge in [0.1, 0.15) is 5.72 Å². The third-order valence-corrected chi connectivity index (χ3v) is 2.98. The Morgan fingerprint density at radius 3 is 2.67 bits per heavy atom. The van der Waals surface area contributed by atoms with Crippen LogP contribution in [0.15, 0.2) is 0 Å². The van der Waals surface area contributed by atoms with Gasteiger partial charge in [0.25, 0.3) is 0 Å². The molecule has 5 heteroatoms. The molecule has 0 aromatic heterocycles. The van der Waals surface area contributed by atoms with Gasteiger partial charge in [-0.3, -0.25) is 4.84 Å². The number of rotatable bonds is 1. The number of ether oxygens (including phenoxy) is 2. The van der Waals surface area contributed by atoms with E-state index < -0.39 is 11.8 Å². The van der Waals surface area contributed by atoms with E-state index in [9.17, 15) is 4.79 Å². The van der Waals surface area contributed by atoms with E-state index in [1.54, 1.807) is 5.06 Å². The van der Waals surface area contributed by atoms with Gasteiger partial charge in [-0.2, -0.15) is 0 Å². The molecule has 0 bridgehead atoms. The van der Waals surface area contributed by atoms with Crippen LogP contribution in [-0.2, 0) is 19.1 Å². The number of carbonyl (C=O) groups is 1. The van der Waals surface area contributed by atoms with Crippen molar-refractivity contribution in [1.29, 1.82) is 0 Å². The second-order valence-corrected chi connectivity index (χ2v) is 4.89. The van der Waals surface area contributed by atoms with Crippen LogP contribution >= 0.6 is 0 Å². The molecule has 0 spiro atoms. The summed E-state index contributed by atoms with van der Waals surface area (Å²) < 4.78 is 10.4. The smallest absolute Gasteiger partial charge is 0.337 e. The van der Waals surface area contributed by atoms with Crippen LogP contribution in [0.3, 0.4) is 0 Å². The van der Waals surface area contributed by atoms with E-state index in [2.05, 4.69) is 4.74 Å². The molecule has 0 N–H and O–H groups in total. The maximum absolute atomic E-state index is 11.4. The Hall–Kier alpha value is -0.650. The van der Waals surface area contributed by atoms with Crippen LogP contribution in [-0.4, -0.2) is 42.1 Å². The maximum Gasteiger partial charge on any atom is 0.337 e. The molecule has 0 aromatic rings. The Morgan fingerprint density at radius 1 is 1.47 bits per heavy atom. The first-order valence-corrected chi connectivity index (χ1v) is 5.08. The van der Waals surface area contributed by atoms with E-state index in [4.69, 9.17) is 9.57 Å². The van der Waals surface area contributed by atoms with Crippen LogP contribution in [0.25, 0.3) is 0 Å². The number of fused-ring (bicyclic) bond motifs is 1. The van der Waals surface area contributed by atoms with Crippen molar-refractivity contribution in [2.75, 3.05) is 13.7 Å². The van der Waals surface area contributed by atoms with Crippen molar-refractivity contribution < 1.29 is 19.1 Å². The summed E-state index contributed by atoms with van der Waals surface area (Å²) in [5.74, 6) is -0.343. The monoisotopic (exact) mass is 215 g/mol. The van der Waals surface area contributed by atoms with Crippen molar-refractivity contribution in [3.63, 3.8) is 0 Å². The van der Waals surface area contributed by atoms with Crippen molar-refractivity contribution in [3.8, 4) is 0 Å². The zero-order valence-electron chi connectivity index (χ0n) is 9.57. The Labute approximate surface area is 89.2 Å². The van der Waals surface area contributed by atoms with Gasteiger partial charge in [0.2, 0.25) is 0 Å². The fourth-order valence-corrected chi connectivity index (χ4v) is 2.25. The molecule has 5 nitrogen and oxygen atoms in total. The molecule has 2 fully saturated rings. The summed E-state index contributed by atoms with van der Waals surface area (Å²) in [6, 6.07) is 0. The van der Waals surface area contributed by atoms with Gasteiger partial charge in [0.05, 0.1) is 19.3 Å². The van der Waals surface area contributed by atoms with Gasteiger partial charge < -0.3 is 9.47 Å². The summed E-state index contributed by atoms with van der Waals surface area (Å²) in [7, 11) is 1.36. The summed E-state index contributed by atoms with van der Waals surface area (Å²) in [5, 5.41) is 1.78. The minimum Gasteiger partial charge on any atom is -0.467 e. The number of hydrogen-bond donors (Lipinski definition) is 0. The van der Waals surface area contributed by atoms with Gasteiger partial charge in [-0.15, -0.1) is 5.06 Å². The molecule has 2 atom stereocenters. The lowest BCUT2D eigenvalue weighted by molar-refractivity contribution is -0.237. The fraction of sp³-hybridized carbons (Fsp3) is 0.900. The first-order valence-electron chi connectivity index (χ1n) is 5.08. The molecule has 1 unspecified atom stereocenters. The SMILES string of the molecule is COC(=O)C1C[C@@]2(C)OCC(C)(C)N2O1. The third kappa shape index (κ3) is 1.55. The molecule has 0 amide bonds. The Bertz CT molecular complexity index is 291. The van der Waals surface area contributed by atoms with Crippen LogP contribution in [0.4, 0.5) is 0 Å². The van der Waals surface area contributed by atoms with E-state index in [-0.39, 0.29) is 11.5 Å². The standard InChI is InChI=1S/C10H17NO4/c1-9(2)6-14-10(3)5-7(8(12)13-4)15-11(9)10/h7H,5-6H2,1-4H3/t7?,10-/m1/s1. The lowest BCUT2D eigenvalue weighted by Crippen LogP contribution is -2.45. The second-order valence-electron chi connectivity index (χ2n) is 4.89. The van der Waals surface area contributed by atoms with Crippen LogP contribution < -0.4 is 0 Å². The molecule has 2 heterocycles. The molecule has 2 aliphatic heterocycles. The highest BCUT2D eigenvalue weighted by atomic mass is 16.8. The summed E-state index contributed by atoms with van der Waals surface area (Å²) in [5.41, 5.74) is -0.695. The van der Waals surface area contributed by atoms with E-state index in [1.165, 1.54) is 7.11 Å². The first-order chi connectivity index (χ1) is 6.89. The molecule has 2 saturated heterocycles. The molecular formula is C10H17NO4. The quantitative estimate of drug-likeness (QED) is 0.602. The van der Waals surface area contributed by atoms with Gasteiger partial charge in [-0.25, -0.2) is 4.79 Å². The van der Waals surface area contributed by atoms with E-state index in [0.29, 0.717) is 13.0 Å². The molecule has 0 aliphatic carbocycles. The van der Waals surface area contributed by atoms with Crippen molar-refractivity contribution >= 4 is 5.97 Å². The topological polar surface area (TPSA) is 48.0 Å². The van der Waals surface area contributed by atoms with E-state index in [0.717, 1.165) is 0 Å². The van der Waals surface area contributed by atoms with Crippen LogP contribution in [0, 0.1) is 0 Å². The Balaban J connectivity index is 2.16. The lowest BCUT2D eigenvalue weighted by Gasteiger charge is -2.31. The summed E-state index contributed by atoms with van der Waals surface area (Å²) in [6.07, 6.45) is -0.0251. The third-order valence-electron chi connectivity index (χ3n) is 2.98. The number of hydroxylamine groups is 2. The van der Waals surface area contributed by atoms with Gasteiger partial charge in [0.15, 0.2) is 6.10 Å². The van der Waals surface area contributed by atoms with Gasteiger partial charge in [-0.05, 0) is 20.8 Å². The van der Waals surface area contributed by atoms with Crippen molar-refractivity contribution in [3.05, 3.63) is 0 Å². The molecule has 0 aromatic carbocycles. The second kappa shape index (κ2) is 3.17. The number of esters is 1. The largest absolute Gasteiger partial charge is 0.467 e. The highest BCUT2D eigenvalue weighted by molar-refractivity contribution is 5.74. The van der Waals surface area contributed by atoms with Crippen LogP contribution in [0.1, 0.15) is 27.2 Å². The summed E-state index contributed by atoms with van der Waals surface area (Å²) in [6.45, 7) is 6.60. The maximum atomic E-state index is 11.4. The molecule has 15 heavy (non-hydrogen) atoms. The predicted octanol–water partition coefficient (Wildman–Crippen LogP) is 0.690. The van der Waals surface area contributed by atoms with E-state index in [1.807, 2.05) is 20.8 Å². The highest BCUT2D eigenvalue weighted by Gasteiger charge is 2.58. The minimum absolute atomic E-state index is 0.197. The average Bonchev–Trinajstić information content (AvgIpc) is 2.62. The van der Waals surface area contributed by atoms with Crippen molar-refractivity contribution in [2.24, 2.45) is 0 Å². The number of carbonyl (C=O) groups excluding carboxylic acids is 1. The number of methoxy groups -OCH3 is 1. The lowest BCUT2D eigenvalue weighted by atomic mass is 10.1. The molecule has 2 rings (SSSR count). The van der Waals surface area contributed by atoms with Crippen molar-refractivity contribution in [2.45, 2.75) is 44.6 Å². The number of hydrogen-bond acceptors (Lipinski definition) is 5. The number of nitrogens with zero attached hydrogens (tertiary/aromatic N) is 1. The van der Waals surface area contributed by atoms with Crippen LogP contribution in [0.5, 0.6) is 0 Å².